The molecule has 0 radical (unpaired) electrons. The van der Waals surface area contributed by atoms with E-state index < -0.39 is 0 Å². The standard InChI is InChI=1S/C12H15N3S/c1-2-9-4-6-16-11(9)8-15-10-3-5-14-12(13)7-10/h3-7H,2,8H2,1H3,(H3,13,14,15). The first-order chi connectivity index (χ1) is 7.79. The molecule has 0 aromatic carbocycles. The molecule has 0 bridgehead atoms. The predicted octanol–water partition coefficient (Wildman–Crippen LogP) is 2.90. The van der Waals surface area contributed by atoms with Gasteiger partial charge in [-0.05, 0) is 29.5 Å². The van der Waals surface area contributed by atoms with Crippen molar-refractivity contribution in [3.63, 3.8) is 0 Å². The van der Waals surface area contributed by atoms with Gasteiger partial charge in [0.15, 0.2) is 0 Å². The number of thiophene rings is 1. The Bertz CT molecular complexity index is 465. The first-order valence-corrected chi connectivity index (χ1v) is 6.18. The van der Waals surface area contributed by atoms with Crippen molar-refractivity contribution < 1.29 is 0 Å². The SMILES string of the molecule is CCc1ccsc1CNc1ccnc(N)c1. The number of aromatic nitrogens is 1. The number of nitrogen functional groups attached to an aromatic ring is 1. The predicted molar refractivity (Wildman–Crippen MR) is 69.7 cm³/mol. The molecule has 3 nitrogen and oxygen atoms in total. The largest absolute Gasteiger partial charge is 0.384 e. The van der Waals surface area contributed by atoms with Gasteiger partial charge in [-0.1, -0.05) is 6.92 Å². The first-order valence-electron chi connectivity index (χ1n) is 5.30. The van der Waals surface area contributed by atoms with Gasteiger partial charge in [0.05, 0.1) is 0 Å². The van der Waals surface area contributed by atoms with E-state index in [0.717, 1.165) is 18.7 Å². The van der Waals surface area contributed by atoms with Gasteiger partial charge in [-0.3, -0.25) is 0 Å². The Balaban J connectivity index is 2.02. The van der Waals surface area contributed by atoms with E-state index in [0.29, 0.717) is 5.82 Å². The summed E-state index contributed by atoms with van der Waals surface area (Å²) in [5, 5.41) is 5.49. The van der Waals surface area contributed by atoms with Crippen molar-refractivity contribution >= 4 is 22.8 Å². The highest BCUT2D eigenvalue weighted by molar-refractivity contribution is 7.10. The van der Waals surface area contributed by atoms with Crippen LogP contribution in [0.1, 0.15) is 17.4 Å². The number of anilines is 2. The minimum absolute atomic E-state index is 0.548. The fourth-order valence-corrected chi connectivity index (χ4v) is 2.49. The summed E-state index contributed by atoms with van der Waals surface area (Å²) in [5.74, 6) is 0.548. The van der Waals surface area contributed by atoms with Crippen molar-refractivity contribution in [2.75, 3.05) is 11.1 Å². The molecule has 3 N–H and O–H groups in total. The lowest BCUT2D eigenvalue weighted by atomic mass is 10.2. The number of nitrogens with zero attached hydrogens (tertiary/aromatic N) is 1. The summed E-state index contributed by atoms with van der Waals surface area (Å²) in [5.41, 5.74) is 8.05. The summed E-state index contributed by atoms with van der Waals surface area (Å²) in [6, 6.07) is 5.96. The van der Waals surface area contributed by atoms with Crippen molar-refractivity contribution in [3.05, 3.63) is 40.2 Å². The lowest BCUT2D eigenvalue weighted by Gasteiger charge is -2.06. The molecule has 0 spiro atoms. The van der Waals surface area contributed by atoms with Gasteiger partial charge in [-0.15, -0.1) is 11.3 Å². The number of rotatable bonds is 4. The topological polar surface area (TPSA) is 50.9 Å². The molecular formula is C12H15N3S. The Labute approximate surface area is 99.3 Å². The van der Waals surface area contributed by atoms with Crippen LogP contribution in [0, 0.1) is 0 Å². The van der Waals surface area contributed by atoms with E-state index in [1.807, 2.05) is 12.1 Å². The molecule has 2 heterocycles. The van der Waals surface area contributed by atoms with Gasteiger partial charge in [-0.25, -0.2) is 4.98 Å². The third-order valence-corrected chi connectivity index (χ3v) is 3.42. The molecule has 0 aliphatic carbocycles. The van der Waals surface area contributed by atoms with Crippen LogP contribution in [-0.4, -0.2) is 4.98 Å². The summed E-state index contributed by atoms with van der Waals surface area (Å²) in [6.45, 7) is 3.03. The molecule has 2 aromatic heterocycles. The van der Waals surface area contributed by atoms with Crippen LogP contribution >= 0.6 is 11.3 Å². The number of pyridine rings is 1. The molecule has 0 amide bonds. The van der Waals surface area contributed by atoms with Crippen molar-refractivity contribution in [1.29, 1.82) is 0 Å². The van der Waals surface area contributed by atoms with Gasteiger partial charge in [0.25, 0.3) is 0 Å². The summed E-state index contributed by atoms with van der Waals surface area (Å²) < 4.78 is 0. The van der Waals surface area contributed by atoms with Crippen LogP contribution in [0.25, 0.3) is 0 Å². The quantitative estimate of drug-likeness (QED) is 0.853. The lowest BCUT2D eigenvalue weighted by molar-refractivity contribution is 1.08. The van der Waals surface area contributed by atoms with E-state index in [2.05, 4.69) is 28.7 Å². The third kappa shape index (κ3) is 2.52. The molecule has 16 heavy (non-hydrogen) atoms. The fourth-order valence-electron chi connectivity index (χ4n) is 1.58. The second-order valence-electron chi connectivity index (χ2n) is 3.55. The molecule has 0 atom stereocenters. The Morgan fingerprint density at radius 1 is 1.44 bits per heavy atom. The monoisotopic (exact) mass is 233 g/mol. The van der Waals surface area contributed by atoms with Crippen molar-refractivity contribution in [1.82, 2.24) is 4.98 Å². The molecule has 4 heteroatoms. The van der Waals surface area contributed by atoms with Gasteiger partial charge < -0.3 is 11.1 Å². The van der Waals surface area contributed by atoms with Gasteiger partial charge in [0.2, 0.25) is 0 Å². The zero-order valence-corrected chi connectivity index (χ0v) is 10.1. The minimum Gasteiger partial charge on any atom is -0.384 e. The molecule has 0 aliphatic rings. The lowest BCUT2D eigenvalue weighted by Crippen LogP contribution is -2.00. The molecule has 0 aliphatic heterocycles. The average Bonchev–Trinajstić information content (AvgIpc) is 2.74. The molecule has 0 fully saturated rings. The maximum Gasteiger partial charge on any atom is 0.125 e. The first kappa shape index (κ1) is 11.0. The zero-order valence-electron chi connectivity index (χ0n) is 9.23. The molecule has 0 saturated carbocycles. The molecular weight excluding hydrogens is 218 g/mol. The molecule has 84 valence electrons. The third-order valence-electron chi connectivity index (χ3n) is 2.45. The number of hydrogen-bond donors (Lipinski definition) is 2. The number of nitrogens with two attached hydrogens (primary N) is 1. The number of nitrogens with one attached hydrogen (secondary N) is 1. The number of aryl methyl sites for hydroxylation is 1. The van der Waals surface area contributed by atoms with Crippen LogP contribution < -0.4 is 11.1 Å². The Kier molecular flexibility index (Phi) is 3.41. The number of hydrogen-bond acceptors (Lipinski definition) is 4. The van der Waals surface area contributed by atoms with E-state index in [1.165, 1.54) is 10.4 Å². The van der Waals surface area contributed by atoms with Gasteiger partial charge >= 0.3 is 0 Å². The van der Waals surface area contributed by atoms with E-state index in [4.69, 9.17) is 5.73 Å². The maximum absolute atomic E-state index is 5.62. The van der Waals surface area contributed by atoms with E-state index in [-0.39, 0.29) is 0 Å². The van der Waals surface area contributed by atoms with Crippen LogP contribution in [0.3, 0.4) is 0 Å². The Hall–Kier alpha value is -1.55. The van der Waals surface area contributed by atoms with E-state index in [1.54, 1.807) is 17.5 Å². The zero-order chi connectivity index (χ0) is 11.4. The maximum atomic E-state index is 5.62. The highest BCUT2D eigenvalue weighted by Crippen LogP contribution is 2.19. The normalized spacial score (nSPS) is 10.3. The van der Waals surface area contributed by atoms with Crippen LogP contribution in [0.4, 0.5) is 11.5 Å². The Morgan fingerprint density at radius 2 is 2.31 bits per heavy atom. The smallest absolute Gasteiger partial charge is 0.125 e. The summed E-state index contributed by atoms with van der Waals surface area (Å²) in [7, 11) is 0. The average molecular weight is 233 g/mol. The van der Waals surface area contributed by atoms with Gasteiger partial charge in [-0.2, -0.15) is 0 Å². The Morgan fingerprint density at radius 3 is 3.06 bits per heavy atom. The highest BCUT2D eigenvalue weighted by atomic mass is 32.1. The highest BCUT2D eigenvalue weighted by Gasteiger charge is 2.02. The van der Waals surface area contributed by atoms with Crippen LogP contribution in [-0.2, 0) is 13.0 Å². The second-order valence-corrected chi connectivity index (χ2v) is 4.55. The minimum atomic E-state index is 0.548. The van der Waals surface area contributed by atoms with Gasteiger partial charge in [0.1, 0.15) is 5.82 Å². The van der Waals surface area contributed by atoms with E-state index >= 15 is 0 Å². The van der Waals surface area contributed by atoms with Crippen LogP contribution in [0.5, 0.6) is 0 Å². The van der Waals surface area contributed by atoms with Crippen molar-refractivity contribution in [2.24, 2.45) is 0 Å². The summed E-state index contributed by atoms with van der Waals surface area (Å²) in [4.78, 5) is 5.35. The van der Waals surface area contributed by atoms with Crippen molar-refractivity contribution in [2.45, 2.75) is 19.9 Å². The molecule has 0 unspecified atom stereocenters. The molecule has 2 rings (SSSR count). The van der Waals surface area contributed by atoms with Crippen LogP contribution in [0.2, 0.25) is 0 Å². The molecule has 2 aromatic rings. The van der Waals surface area contributed by atoms with Crippen LogP contribution in [0.15, 0.2) is 29.8 Å². The fraction of sp³-hybridized carbons (Fsp3) is 0.250. The van der Waals surface area contributed by atoms with E-state index in [9.17, 15) is 0 Å². The van der Waals surface area contributed by atoms with Crippen molar-refractivity contribution in [3.8, 4) is 0 Å². The summed E-state index contributed by atoms with van der Waals surface area (Å²) in [6.07, 6.45) is 2.80. The summed E-state index contributed by atoms with van der Waals surface area (Å²) >= 11 is 1.79. The molecule has 0 saturated heterocycles. The second kappa shape index (κ2) is 4.99. The van der Waals surface area contributed by atoms with Gasteiger partial charge in [0, 0.05) is 29.4 Å².